The molecule has 124 valence electrons. The lowest BCUT2D eigenvalue weighted by Gasteiger charge is -2.27. The van der Waals surface area contributed by atoms with Crippen LogP contribution in [0, 0.1) is 39.2 Å². The molecule has 7 heteroatoms. The van der Waals surface area contributed by atoms with Gasteiger partial charge in [0.25, 0.3) is 5.69 Å². The van der Waals surface area contributed by atoms with Crippen LogP contribution in [0.15, 0.2) is 36.4 Å². The van der Waals surface area contributed by atoms with Crippen molar-refractivity contribution in [1.82, 2.24) is 0 Å². The predicted octanol–water partition coefficient (Wildman–Crippen LogP) is 1.11. The first-order chi connectivity index (χ1) is 11.4. The van der Waals surface area contributed by atoms with Gasteiger partial charge < -0.3 is 15.2 Å². The third-order valence-electron chi connectivity index (χ3n) is 5.74. The number of carboxylic acid groups (broad SMARTS) is 1. The van der Waals surface area contributed by atoms with Gasteiger partial charge in [0, 0.05) is 29.7 Å². The van der Waals surface area contributed by atoms with Gasteiger partial charge in [0.15, 0.2) is 0 Å². The predicted molar refractivity (Wildman–Crippen MR) is 81.5 cm³/mol. The Morgan fingerprint density at radius 3 is 2.42 bits per heavy atom. The van der Waals surface area contributed by atoms with E-state index in [0.29, 0.717) is 5.69 Å². The molecule has 1 amide bonds. The number of nitro benzene ring substituents is 1. The smallest absolute Gasteiger partial charge is 0.271 e. The van der Waals surface area contributed by atoms with E-state index in [1.54, 1.807) is 6.07 Å². The SMILES string of the molecule is O=C(Nc1cccc([N+](=O)[O-])c1)[C@@H]1[C@@H](C(=O)[O-])[C@@H]2C=C[C@H]1C21CC1. The lowest BCUT2D eigenvalue weighted by Crippen LogP contribution is -2.42. The third kappa shape index (κ3) is 1.97. The Labute approximate surface area is 137 Å². The standard InChI is InChI=1S/C17H16N2O5/c20-15(18-9-2-1-3-10(8-9)19(23)24)13-11-4-5-12(14(13)16(21)22)17(11)6-7-17/h1-5,8,11-14H,6-7H2,(H,18,20)(H,21,22)/p-1/t11-,12+,13+,14+/m1/s1. The van der Waals surface area contributed by atoms with Crippen LogP contribution >= 0.6 is 0 Å². The topological polar surface area (TPSA) is 112 Å². The molecule has 1 N–H and O–H groups in total. The van der Waals surface area contributed by atoms with Crippen molar-refractivity contribution in [1.29, 1.82) is 0 Å². The highest BCUT2D eigenvalue weighted by atomic mass is 16.6. The highest BCUT2D eigenvalue weighted by Crippen LogP contribution is 2.71. The van der Waals surface area contributed by atoms with Gasteiger partial charge >= 0.3 is 0 Å². The number of allylic oxidation sites excluding steroid dienone is 2. The Balaban J connectivity index is 1.60. The van der Waals surface area contributed by atoms with Crippen molar-refractivity contribution in [3.8, 4) is 0 Å². The van der Waals surface area contributed by atoms with Gasteiger partial charge in [-0.15, -0.1) is 0 Å². The second kappa shape index (κ2) is 4.90. The van der Waals surface area contributed by atoms with E-state index >= 15 is 0 Å². The van der Waals surface area contributed by atoms with Gasteiger partial charge in [0.1, 0.15) is 0 Å². The maximum atomic E-state index is 12.7. The van der Waals surface area contributed by atoms with Crippen LogP contribution in [-0.2, 0) is 9.59 Å². The maximum Gasteiger partial charge on any atom is 0.271 e. The summed E-state index contributed by atoms with van der Waals surface area (Å²) in [5.41, 5.74) is 0.0775. The van der Waals surface area contributed by atoms with Crippen molar-refractivity contribution in [2.75, 3.05) is 5.32 Å². The highest BCUT2D eigenvalue weighted by molar-refractivity contribution is 5.96. The number of nitrogens with one attached hydrogen (secondary N) is 1. The van der Waals surface area contributed by atoms with E-state index in [1.165, 1.54) is 18.2 Å². The normalized spacial score (nSPS) is 31.2. The van der Waals surface area contributed by atoms with E-state index in [2.05, 4.69) is 5.32 Å². The average molecular weight is 327 g/mol. The van der Waals surface area contributed by atoms with E-state index in [-0.39, 0.29) is 22.9 Å². The molecule has 0 unspecified atom stereocenters. The van der Waals surface area contributed by atoms with Gasteiger partial charge in [-0.3, -0.25) is 14.9 Å². The summed E-state index contributed by atoms with van der Waals surface area (Å²) in [6, 6.07) is 5.63. The van der Waals surface area contributed by atoms with Gasteiger partial charge in [-0.1, -0.05) is 18.2 Å². The number of nitro groups is 1. The number of amides is 1. The molecule has 4 rings (SSSR count). The highest BCUT2D eigenvalue weighted by Gasteiger charge is 2.68. The summed E-state index contributed by atoms with van der Waals surface area (Å²) >= 11 is 0. The molecule has 2 fully saturated rings. The first-order valence-electron chi connectivity index (χ1n) is 7.88. The first-order valence-corrected chi connectivity index (χ1v) is 7.88. The molecule has 0 aliphatic heterocycles. The van der Waals surface area contributed by atoms with Crippen LogP contribution < -0.4 is 10.4 Å². The second-order valence-electron chi connectivity index (χ2n) is 6.84. The maximum absolute atomic E-state index is 12.7. The quantitative estimate of drug-likeness (QED) is 0.506. The summed E-state index contributed by atoms with van der Waals surface area (Å²) in [5.74, 6) is -3.37. The Morgan fingerprint density at radius 2 is 1.83 bits per heavy atom. The summed E-state index contributed by atoms with van der Waals surface area (Å²) in [4.78, 5) is 34.6. The van der Waals surface area contributed by atoms with Crippen LogP contribution in [0.4, 0.5) is 11.4 Å². The van der Waals surface area contributed by atoms with E-state index in [0.717, 1.165) is 12.8 Å². The molecule has 4 atom stereocenters. The fourth-order valence-corrected chi connectivity index (χ4v) is 4.60. The molecular formula is C17H15N2O5-. The summed E-state index contributed by atoms with van der Waals surface area (Å²) in [6.07, 6.45) is 5.73. The van der Waals surface area contributed by atoms with E-state index in [9.17, 15) is 24.8 Å². The molecule has 0 saturated heterocycles. The Bertz CT molecular complexity index is 783. The molecule has 1 aromatic carbocycles. The summed E-state index contributed by atoms with van der Waals surface area (Å²) < 4.78 is 0. The van der Waals surface area contributed by atoms with Gasteiger partial charge in [-0.05, 0) is 36.2 Å². The zero-order chi connectivity index (χ0) is 17.1. The molecular weight excluding hydrogens is 312 g/mol. The molecule has 1 aromatic rings. The van der Waals surface area contributed by atoms with Crippen LogP contribution in [0.5, 0.6) is 0 Å². The van der Waals surface area contributed by atoms with Crippen molar-refractivity contribution in [3.05, 3.63) is 46.5 Å². The molecule has 2 bridgehead atoms. The van der Waals surface area contributed by atoms with Crippen LogP contribution in [0.25, 0.3) is 0 Å². The molecule has 24 heavy (non-hydrogen) atoms. The van der Waals surface area contributed by atoms with Crippen molar-refractivity contribution < 1.29 is 19.6 Å². The number of hydrogen-bond acceptors (Lipinski definition) is 5. The van der Waals surface area contributed by atoms with Gasteiger partial charge in [-0.25, -0.2) is 0 Å². The largest absolute Gasteiger partial charge is 0.550 e. The monoisotopic (exact) mass is 327 g/mol. The third-order valence-corrected chi connectivity index (χ3v) is 5.74. The number of carboxylic acids is 1. The summed E-state index contributed by atoms with van der Waals surface area (Å²) in [7, 11) is 0. The minimum atomic E-state index is -1.20. The molecule has 1 spiro atoms. The van der Waals surface area contributed by atoms with E-state index < -0.39 is 28.6 Å². The Hall–Kier alpha value is -2.70. The lowest BCUT2D eigenvalue weighted by molar-refractivity contribution is -0.384. The number of aliphatic carboxylic acids is 1. The molecule has 7 nitrogen and oxygen atoms in total. The Kier molecular flexibility index (Phi) is 3.03. The van der Waals surface area contributed by atoms with Gasteiger partial charge in [0.2, 0.25) is 5.91 Å². The van der Waals surface area contributed by atoms with Crippen molar-refractivity contribution in [2.24, 2.45) is 29.1 Å². The number of benzene rings is 1. The molecule has 0 radical (unpaired) electrons. The van der Waals surface area contributed by atoms with Gasteiger partial charge in [0.05, 0.1) is 10.8 Å². The average Bonchev–Trinajstić information content (AvgIpc) is 3.20. The lowest BCUT2D eigenvalue weighted by atomic mass is 9.82. The zero-order valence-electron chi connectivity index (χ0n) is 12.7. The van der Waals surface area contributed by atoms with Crippen molar-refractivity contribution in [2.45, 2.75) is 12.8 Å². The zero-order valence-corrected chi connectivity index (χ0v) is 12.7. The number of hydrogen-bond donors (Lipinski definition) is 1. The van der Waals surface area contributed by atoms with Crippen LogP contribution in [0.2, 0.25) is 0 Å². The van der Waals surface area contributed by atoms with Crippen LogP contribution in [0.3, 0.4) is 0 Å². The van der Waals surface area contributed by atoms with Gasteiger partial charge in [-0.2, -0.15) is 0 Å². The molecule has 0 aromatic heterocycles. The van der Waals surface area contributed by atoms with E-state index in [1.807, 2.05) is 12.2 Å². The second-order valence-corrected chi connectivity index (χ2v) is 6.84. The molecule has 0 heterocycles. The summed E-state index contributed by atoms with van der Waals surface area (Å²) in [6.45, 7) is 0. The molecule has 3 aliphatic rings. The van der Waals surface area contributed by atoms with Crippen LogP contribution in [-0.4, -0.2) is 16.8 Å². The minimum Gasteiger partial charge on any atom is -0.550 e. The Morgan fingerprint density at radius 1 is 1.17 bits per heavy atom. The number of anilines is 1. The number of carbonyl (C=O) groups excluding carboxylic acids is 2. The molecule has 2 saturated carbocycles. The van der Waals surface area contributed by atoms with Crippen LogP contribution in [0.1, 0.15) is 12.8 Å². The number of carbonyl (C=O) groups is 2. The fraction of sp³-hybridized carbons (Fsp3) is 0.412. The van der Waals surface area contributed by atoms with E-state index in [4.69, 9.17) is 0 Å². The molecule has 3 aliphatic carbocycles. The number of non-ortho nitro benzene ring substituents is 1. The number of rotatable bonds is 4. The van der Waals surface area contributed by atoms with Crippen molar-refractivity contribution >= 4 is 23.3 Å². The fourth-order valence-electron chi connectivity index (χ4n) is 4.60. The number of nitrogens with zero attached hydrogens (tertiary/aromatic N) is 1. The summed E-state index contributed by atoms with van der Waals surface area (Å²) in [5, 5.41) is 25.1. The van der Waals surface area contributed by atoms with Crippen molar-refractivity contribution in [3.63, 3.8) is 0 Å². The minimum absolute atomic E-state index is 0.0879. The first kappa shape index (κ1) is 14.9.